The van der Waals surface area contributed by atoms with Gasteiger partial charge in [0.15, 0.2) is 0 Å². The Kier molecular flexibility index (Phi) is 4.69. The monoisotopic (exact) mass is 220 g/mol. The van der Waals surface area contributed by atoms with Crippen molar-refractivity contribution >= 4 is 15.9 Å². The van der Waals surface area contributed by atoms with Gasteiger partial charge in [-0.15, -0.1) is 0 Å². The summed E-state index contributed by atoms with van der Waals surface area (Å²) in [5.74, 6) is 1.57. The summed E-state index contributed by atoms with van der Waals surface area (Å²) in [7, 11) is 0. The Morgan fingerprint density at radius 3 is 1.73 bits per heavy atom. The lowest BCUT2D eigenvalue weighted by Crippen LogP contribution is -2.27. The zero-order valence-corrected chi connectivity index (χ0v) is 10.0. The van der Waals surface area contributed by atoms with E-state index in [9.17, 15) is 0 Å². The van der Waals surface area contributed by atoms with Gasteiger partial charge in [0.1, 0.15) is 0 Å². The molecule has 1 unspecified atom stereocenters. The highest BCUT2D eigenvalue weighted by molar-refractivity contribution is 9.09. The maximum atomic E-state index is 3.60. The summed E-state index contributed by atoms with van der Waals surface area (Å²) < 4.78 is 0. The van der Waals surface area contributed by atoms with E-state index in [1.54, 1.807) is 0 Å². The minimum atomic E-state index is 0.480. The quantitative estimate of drug-likeness (QED) is 0.627. The smallest absolute Gasteiger partial charge is 0.00878 e. The average Bonchev–Trinajstić information content (AvgIpc) is 1.86. The molecule has 0 spiro atoms. The van der Waals surface area contributed by atoms with Crippen molar-refractivity contribution < 1.29 is 0 Å². The fourth-order valence-corrected chi connectivity index (χ4v) is 2.25. The molecule has 0 aliphatic carbocycles. The van der Waals surface area contributed by atoms with Crippen LogP contribution in [0.25, 0.3) is 0 Å². The lowest BCUT2D eigenvalue weighted by atomic mass is 9.75. The lowest BCUT2D eigenvalue weighted by Gasteiger charge is -2.33. The molecule has 0 aromatic carbocycles. The van der Waals surface area contributed by atoms with Gasteiger partial charge in [0, 0.05) is 5.33 Å². The zero-order valence-electron chi connectivity index (χ0n) is 8.45. The molecule has 1 atom stereocenters. The molecule has 11 heavy (non-hydrogen) atoms. The first-order valence-electron chi connectivity index (χ1n) is 4.48. The van der Waals surface area contributed by atoms with Crippen molar-refractivity contribution in [3.8, 4) is 0 Å². The van der Waals surface area contributed by atoms with Crippen molar-refractivity contribution in [2.75, 3.05) is 5.33 Å². The van der Waals surface area contributed by atoms with Crippen LogP contribution in [0.4, 0.5) is 0 Å². The molecule has 1 heteroatoms. The van der Waals surface area contributed by atoms with Crippen molar-refractivity contribution in [1.82, 2.24) is 0 Å². The average molecular weight is 221 g/mol. The molecule has 0 fully saturated rings. The minimum absolute atomic E-state index is 0.480. The van der Waals surface area contributed by atoms with Crippen LogP contribution in [0.2, 0.25) is 0 Å². The van der Waals surface area contributed by atoms with Gasteiger partial charge in [0.05, 0.1) is 0 Å². The topological polar surface area (TPSA) is 0 Å². The Bertz CT molecular complexity index is 107. The molecule has 0 aromatic rings. The van der Waals surface area contributed by atoms with Crippen LogP contribution in [0, 0.1) is 17.3 Å². The third kappa shape index (κ3) is 3.59. The fraction of sp³-hybridized carbons (Fsp3) is 1.00. The van der Waals surface area contributed by atoms with Gasteiger partial charge in [-0.3, -0.25) is 0 Å². The number of halogens is 1. The molecule has 0 bridgehead atoms. The fourth-order valence-electron chi connectivity index (χ4n) is 1.38. The molecule has 0 saturated heterocycles. The van der Waals surface area contributed by atoms with Gasteiger partial charge in [0.2, 0.25) is 0 Å². The Hall–Kier alpha value is 0.480. The van der Waals surface area contributed by atoms with Crippen LogP contribution in [-0.2, 0) is 0 Å². The van der Waals surface area contributed by atoms with Crippen molar-refractivity contribution in [1.29, 1.82) is 0 Å². The summed E-state index contributed by atoms with van der Waals surface area (Å²) in [5.41, 5.74) is 0.480. The van der Waals surface area contributed by atoms with Crippen molar-refractivity contribution in [2.24, 2.45) is 17.3 Å². The molecule has 0 radical (unpaired) electrons. The first kappa shape index (κ1) is 11.5. The van der Waals surface area contributed by atoms with Gasteiger partial charge in [-0.25, -0.2) is 0 Å². The van der Waals surface area contributed by atoms with Crippen molar-refractivity contribution in [2.45, 2.75) is 41.0 Å². The second-order valence-electron chi connectivity index (χ2n) is 4.54. The van der Waals surface area contributed by atoms with Crippen molar-refractivity contribution in [3.05, 3.63) is 0 Å². The highest BCUT2D eigenvalue weighted by Crippen LogP contribution is 2.35. The number of rotatable bonds is 4. The van der Waals surface area contributed by atoms with E-state index in [0.29, 0.717) is 5.41 Å². The molecule has 0 nitrogen and oxygen atoms in total. The molecule has 68 valence electrons. The van der Waals surface area contributed by atoms with E-state index < -0.39 is 0 Å². The van der Waals surface area contributed by atoms with Crippen LogP contribution in [0.3, 0.4) is 0 Å². The minimum Gasteiger partial charge on any atom is -0.0922 e. The molecular formula is C10H21Br. The molecule has 0 aromatic heterocycles. The predicted octanol–water partition coefficient (Wildman–Crippen LogP) is 4.09. The number of hydrogen-bond donors (Lipinski definition) is 0. The van der Waals surface area contributed by atoms with Gasteiger partial charge in [-0.05, 0) is 23.7 Å². The van der Waals surface area contributed by atoms with Crippen molar-refractivity contribution in [3.63, 3.8) is 0 Å². The van der Waals surface area contributed by atoms with Gasteiger partial charge < -0.3 is 0 Å². The van der Waals surface area contributed by atoms with E-state index in [1.165, 1.54) is 6.42 Å². The van der Waals surface area contributed by atoms with Crippen LogP contribution < -0.4 is 0 Å². The number of hydrogen-bond acceptors (Lipinski definition) is 0. The second-order valence-corrected chi connectivity index (χ2v) is 5.10. The maximum absolute atomic E-state index is 3.60. The predicted molar refractivity (Wildman–Crippen MR) is 56.2 cm³/mol. The summed E-state index contributed by atoms with van der Waals surface area (Å²) in [6.45, 7) is 11.6. The first-order chi connectivity index (χ1) is 4.92. The summed E-state index contributed by atoms with van der Waals surface area (Å²) >= 11 is 3.60. The molecule has 0 N–H and O–H groups in total. The second kappa shape index (κ2) is 4.49. The van der Waals surface area contributed by atoms with Gasteiger partial charge in [0.25, 0.3) is 0 Å². The summed E-state index contributed by atoms with van der Waals surface area (Å²) in [5, 5.41) is 1.12. The van der Waals surface area contributed by atoms with E-state index in [-0.39, 0.29) is 0 Å². The Morgan fingerprint density at radius 1 is 1.18 bits per heavy atom. The maximum Gasteiger partial charge on any atom is 0.00878 e. The van der Waals surface area contributed by atoms with Gasteiger partial charge in [-0.1, -0.05) is 50.5 Å². The molecule has 0 heterocycles. The van der Waals surface area contributed by atoms with Crippen LogP contribution in [0.5, 0.6) is 0 Å². The highest BCUT2D eigenvalue weighted by Gasteiger charge is 2.27. The summed E-state index contributed by atoms with van der Waals surface area (Å²) in [6.07, 6.45) is 1.32. The standard InChI is InChI=1S/C10H21Br/c1-8(2)6-10(5,7-11)9(3)4/h8-9H,6-7H2,1-5H3. The van der Waals surface area contributed by atoms with E-state index in [4.69, 9.17) is 0 Å². The molecule has 0 saturated carbocycles. The third-order valence-electron chi connectivity index (χ3n) is 2.57. The molecule has 0 amide bonds. The van der Waals surface area contributed by atoms with Crippen LogP contribution in [0.1, 0.15) is 41.0 Å². The Labute approximate surface area is 79.9 Å². The summed E-state index contributed by atoms with van der Waals surface area (Å²) in [6, 6.07) is 0. The summed E-state index contributed by atoms with van der Waals surface area (Å²) in [4.78, 5) is 0. The largest absolute Gasteiger partial charge is 0.0922 e. The first-order valence-corrected chi connectivity index (χ1v) is 5.60. The lowest BCUT2D eigenvalue weighted by molar-refractivity contribution is 0.208. The third-order valence-corrected chi connectivity index (χ3v) is 3.85. The Balaban J connectivity index is 4.10. The Morgan fingerprint density at radius 2 is 1.64 bits per heavy atom. The van der Waals surface area contributed by atoms with Gasteiger partial charge >= 0.3 is 0 Å². The van der Waals surface area contributed by atoms with E-state index in [1.807, 2.05) is 0 Å². The molecular weight excluding hydrogens is 200 g/mol. The molecule has 0 aliphatic heterocycles. The van der Waals surface area contributed by atoms with E-state index >= 15 is 0 Å². The van der Waals surface area contributed by atoms with E-state index in [2.05, 4.69) is 50.5 Å². The normalized spacial score (nSPS) is 17.5. The molecule has 0 aliphatic rings. The zero-order chi connectivity index (χ0) is 9.07. The number of alkyl halides is 1. The van der Waals surface area contributed by atoms with Crippen LogP contribution in [-0.4, -0.2) is 5.33 Å². The van der Waals surface area contributed by atoms with E-state index in [0.717, 1.165) is 17.2 Å². The van der Waals surface area contributed by atoms with Crippen LogP contribution in [0.15, 0.2) is 0 Å². The SMILES string of the molecule is CC(C)CC(C)(CBr)C(C)C. The highest BCUT2D eigenvalue weighted by atomic mass is 79.9. The van der Waals surface area contributed by atoms with Gasteiger partial charge in [-0.2, -0.15) is 0 Å². The molecule has 0 rings (SSSR count). The van der Waals surface area contributed by atoms with Crippen LogP contribution >= 0.6 is 15.9 Å².